The number of aromatic nitrogens is 1. The number of allylic oxidation sites excluding steroid dienone is 6. The molecule has 1 fully saturated rings. The summed E-state index contributed by atoms with van der Waals surface area (Å²) in [5, 5.41) is 7.83. The summed E-state index contributed by atoms with van der Waals surface area (Å²) in [7, 11) is 0. The first-order valence-corrected chi connectivity index (χ1v) is 16.1. The zero-order valence-electron chi connectivity index (χ0n) is 25.0. The average molecular weight is 590 g/mol. The number of benzene rings is 4. The van der Waals surface area contributed by atoms with Gasteiger partial charge in [0, 0.05) is 35.0 Å². The molecule has 0 saturated carbocycles. The zero-order valence-corrected chi connectivity index (χ0v) is 25.0. The van der Waals surface area contributed by atoms with E-state index in [0.29, 0.717) is 0 Å². The van der Waals surface area contributed by atoms with Gasteiger partial charge in [0.15, 0.2) is 6.04 Å². The van der Waals surface area contributed by atoms with E-state index < -0.39 is 0 Å². The summed E-state index contributed by atoms with van der Waals surface area (Å²) in [5.41, 5.74) is 14.1. The highest BCUT2D eigenvalue weighted by Gasteiger charge is 2.57. The first kappa shape index (κ1) is 24.6. The quantitative estimate of drug-likeness (QED) is 0.191. The number of nitrogens with zero attached hydrogens (tertiary/aromatic N) is 4. The first-order chi connectivity index (χ1) is 22.9. The number of fused-ring (bicyclic) bond motifs is 9. The van der Waals surface area contributed by atoms with Gasteiger partial charge in [-0.05, 0) is 46.6 Å². The average Bonchev–Trinajstić information content (AvgIpc) is 3.64. The maximum Gasteiger partial charge on any atom is 0.236 e. The third-order valence-electron chi connectivity index (χ3n) is 10.5. The summed E-state index contributed by atoms with van der Waals surface area (Å²) < 4.78 is 4.97. The SMILES string of the molecule is C1=CC2=C3C=CC=C4C5=CC(n6c7ccccc7c7ccccc76)=CC6=[N+](c7ccccc7)c7ccccc7N(C56)N(C2C=C1)C43. The van der Waals surface area contributed by atoms with Crippen molar-refractivity contribution in [2.45, 2.75) is 18.1 Å². The predicted octanol–water partition coefficient (Wildman–Crippen LogP) is 8.64. The molecule has 4 heteroatoms. The molecule has 5 aromatic rings. The third-order valence-corrected chi connectivity index (χ3v) is 10.5. The Balaban J connectivity index is 1.27. The monoisotopic (exact) mass is 589 g/mol. The largest absolute Gasteiger partial charge is 0.309 e. The van der Waals surface area contributed by atoms with Gasteiger partial charge in [-0.15, -0.1) is 0 Å². The van der Waals surface area contributed by atoms with Crippen molar-refractivity contribution < 1.29 is 0 Å². The second kappa shape index (κ2) is 8.94. The van der Waals surface area contributed by atoms with E-state index in [2.05, 4.69) is 177 Å². The minimum Gasteiger partial charge on any atom is -0.309 e. The van der Waals surface area contributed by atoms with E-state index in [4.69, 9.17) is 0 Å². The second-order valence-electron chi connectivity index (χ2n) is 12.7. The lowest BCUT2D eigenvalue weighted by molar-refractivity contribution is 0.204. The molecule has 0 bridgehead atoms. The van der Waals surface area contributed by atoms with Crippen LogP contribution in [0.25, 0.3) is 27.5 Å². The van der Waals surface area contributed by atoms with E-state index in [1.165, 1.54) is 72.6 Å². The molecular weight excluding hydrogens is 560 g/mol. The molecule has 3 aliphatic heterocycles. The third kappa shape index (κ3) is 3.04. The summed E-state index contributed by atoms with van der Waals surface area (Å²) >= 11 is 0. The minimum atomic E-state index is 0.0147. The van der Waals surface area contributed by atoms with Gasteiger partial charge in [-0.1, -0.05) is 109 Å². The Morgan fingerprint density at radius 2 is 1.30 bits per heavy atom. The van der Waals surface area contributed by atoms with E-state index in [1.807, 2.05) is 0 Å². The fourth-order valence-corrected chi connectivity index (χ4v) is 8.78. The normalized spacial score (nSPS) is 23.7. The topological polar surface area (TPSA) is 14.4 Å². The molecule has 4 heterocycles. The Morgan fingerprint density at radius 3 is 2.13 bits per heavy atom. The number of hydrazine groups is 1. The van der Waals surface area contributed by atoms with Gasteiger partial charge in [-0.25, -0.2) is 0 Å². The van der Waals surface area contributed by atoms with Crippen LogP contribution in [-0.4, -0.2) is 33.4 Å². The molecule has 0 amide bonds. The molecule has 46 heavy (non-hydrogen) atoms. The van der Waals surface area contributed by atoms with Gasteiger partial charge in [0.25, 0.3) is 0 Å². The van der Waals surface area contributed by atoms with Gasteiger partial charge in [0.2, 0.25) is 17.1 Å². The van der Waals surface area contributed by atoms with E-state index >= 15 is 0 Å². The lowest BCUT2D eigenvalue weighted by Crippen LogP contribution is -2.65. The minimum absolute atomic E-state index is 0.0147. The van der Waals surface area contributed by atoms with Crippen LogP contribution in [0.1, 0.15) is 0 Å². The van der Waals surface area contributed by atoms with Gasteiger partial charge in [0.05, 0.1) is 28.8 Å². The summed E-state index contributed by atoms with van der Waals surface area (Å²) in [4.78, 5) is 0. The van der Waals surface area contributed by atoms with Crippen LogP contribution in [0.4, 0.5) is 17.1 Å². The summed E-state index contributed by atoms with van der Waals surface area (Å²) in [5.74, 6) is 0. The van der Waals surface area contributed by atoms with Crippen molar-refractivity contribution in [1.29, 1.82) is 0 Å². The molecule has 0 radical (unpaired) electrons. The maximum absolute atomic E-state index is 2.66. The summed E-state index contributed by atoms with van der Waals surface area (Å²) in [6.07, 6.45) is 21.0. The molecule has 0 N–H and O–H groups in total. The number of hydrogen-bond acceptors (Lipinski definition) is 2. The van der Waals surface area contributed by atoms with Crippen LogP contribution >= 0.6 is 0 Å². The Kier molecular flexibility index (Phi) is 4.78. The van der Waals surface area contributed by atoms with Crippen LogP contribution in [0.3, 0.4) is 0 Å². The van der Waals surface area contributed by atoms with Crippen LogP contribution in [0, 0.1) is 0 Å². The van der Waals surface area contributed by atoms with Crippen LogP contribution < -0.4 is 9.58 Å². The van der Waals surface area contributed by atoms with Crippen molar-refractivity contribution in [1.82, 2.24) is 14.2 Å². The fourth-order valence-electron chi connectivity index (χ4n) is 8.78. The number of para-hydroxylation sites is 5. The maximum atomic E-state index is 2.66. The number of hydrogen-bond donors (Lipinski definition) is 0. The van der Waals surface area contributed by atoms with Crippen molar-refractivity contribution in [3.63, 3.8) is 0 Å². The number of rotatable bonds is 2. The Bertz CT molecular complexity index is 2390. The van der Waals surface area contributed by atoms with Crippen LogP contribution in [0.2, 0.25) is 0 Å². The van der Waals surface area contributed by atoms with Crippen LogP contribution in [0.15, 0.2) is 180 Å². The number of anilines is 1. The van der Waals surface area contributed by atoms with Gasteiger partial charge >= 0.3 is 0 Å². The van der Waals surface area contributed by atoms with Gasteiger partial charge in [-0.2, -0.15) is 9.58 Å². The lowest BCUT2D eigenvalue weighted by atomic mass is 9.78. The van der Waals surface area contributed by atoms with Crippen LogP contribution in [0.5, 0.6) is 0 Å². The fraction of sp³-hybridized carbons (Fsp3) is 0.0714. The van der Waals surface area contributed by atoms with E-state index in [-0.39, 0.29) is 18.1 Å². The van der Waals surface area contributed by atoms with Gasteiger partial charge < -0.3 is 4.57 Å². The Labute approximate surface area is 267 Å². The molecule has 11 rings (SSSR count). The molecule has 4 aromatic carbocycles. The van der Waals surface area contributed by atoms with Gasteiger partial charge in [0.1, 0.15) is 5.69 Å². The second-order valence-corrected chi connectivity index (χ2v) is 12.7. The zero-order chi connectivity index (χ0) is 29.9. The molecule has 6 aliphatic rings. The van der Waals surface area contributed by atoms with E-state index in [9.17, 15) is 0 Å². The molecule has 3 unspecified atom stereocenters. The molecule has 3 aliphatic carbocycles. The van der Waals surface area contributed by atoms with Gasteiger partial charge in [-0.3, -0.25) is 5.01 Å². The summed E-state index contributed by atoms with van der Waals surface area (Å²) in [6.45, 7) is 0. The van der Waals surface area contributed by atoms with Crippen molar-refractivity contribution in [3.8, 4) is 0 Å². The Hall–Kier alpha value is -5.71. The van der Waals surface area contributed by atoms with Crippen molar-refractivity contribution in [3.05, 3.63) is 180 Å². The van der Waals surface area contributed by atoms with Crippen molar-refractivity contribution in [2.24, 2.45) is 0 Å². The highest BCUT2D eigenvalue weighted by molar-refractivity contribution is 6.18. The molecule has 1 aromatic heterocycles. The van der Waals surface area contributed by atoms with Crippen LogP contribution in [-0.2, 0) is 0 Å². The molecule has 4 nitrogen and oxygen atoms in total. The lowest BCUT2D eigenvalue weighted by Gasteiger charge is -2.53. The van der Waals surface area contributed by atoms with Crippen molar-refractivity contribution in [2.75, 3.05) is 5.01 Å². The molecule has 3 atom stereocenters. The van der Waals surface area contributed by atoms with E-state index in [1.54, 1.807) is 0 Å². The predicted molar refractivity (Wildman–Crippen MR) is 189 cm³/mol. The smallest absolute Gasteiger partial charge is 0.236 e. The standard InChI is InChI=1S/C42H29N4/c1-2-13-27(14-3-1)43-38-23-10-11-24-39(38)46-42-34(33-19-12-18-32-31-17-6-9-22-37(31)45(46)41(32)33)25-28(26-40(42)43)44-35-20-7-4-15-29(35)30-16-5-8-21-36(30)44/h1-26,37,41-42H/q+1. The molecule has 216 valence electrons. The molecule has 1 saturated heterocycles. The first-order valence-electron chi connectivity index (χ1n) is 16.1. The highest BCUT2D eigenvalue weighted by Crippen LogP contribution is 2.53. The molecule has 0 spiro atoms. The van der Waals surface area contributed by atoms with Crippen molar-refractivity contribution >= 4 is 50.3 Å². The van der Waals surface area contributed by atoms with E-state index in [0.717, 1.165) is 0 Å². The Morgan fingerprint density at radius 1 is 0.587 bits per heavy atom. The molecular formula is C42H29N4+. The summed E-state index contributed by atoms with van der Waals surface area (Å²) in [6, 6.07) is 37.8. The highest BCUT2D eigenvalue weighted by atomic mass is 15.7.